The molecule has 2 atom stereocenters. The van der Waals surface area contributed by atoms with Gasteiger partial charge in [-0.1, -0.05) is 26.3 Å². The Labute approximate surface area is 184 Å². The number of hydrogen-bond donors (Lipinski definition) is 1. The van der Waals surface area contributed by atoms with E-state index in [1.54, 1.807) is 17.2 Å². The third-order valence-electron chi connectivity index (χ3n) is 6.33. The molecule has 1 saturated heterocycles. The first-order chi connectivity index (χ1) is 14.9. The predicted octanol–water partition coefficient (Wildman–Crippen LogP) is 3.80. The maximum atomic E-state index is 13.5. The van der Waals surface area contributed by atoms with Crippen molar-refractivity contribution in [3.05, 3.63) is 35.9 Å². The Morgan fingerprint density at radius 1 is 1.35 bits per heavy atom. The van der Waals surface area contributed by atoms with Crippen molar-refractivity contribution < 1.29 is 23.5 Å². The van der Waals surface area contributed by atoms with Gasteiger partial charge in [0, 0.05) is 24.6 Å². The lowest BCUT2D eigenvalue weighted by atomic mass is 9.69. The summed E-state index contributed by atoms with van der Waals surface area (Å²) >= 11 is 0. The summed E-state index contributed by atoms with van der Waals surface area (Å²) in [5, 5.41) is 2.92. The zero-order chi connectivity index (χ0) is 22.4. The summed E-state index contributed by atoms with van der Waals surface area (Å²) in [6, 6.07) is 3.59. The normalized spacial score (nSPS) is 23.7. The van der Waals surface area contributed by atoms with Gasteiger partial charge in [-0.3, -0.25) is 14.4 Å². The Morgan fingerprint density at radius 2 is 2.16 bits per heavy atom. The topological polar surface area (TPSA) is 88.8 Å². The summed E-state index contributed by atoms with van der Waals surface area (Å²) in [5.74, 6) is -0.0757. The Kier molecular flexibility index (Phi) is 7.57. The van der Waals surface area contributed by atoms with E-state index in [9.17, 15) is 14.4 Å². The van der Waals surface area contributed by atoms with E-state index in [-0.39, 0.29) is 30.7 Å². The summed E-state index contributed by atoms with van der Waals surface area (Å²) in [6.07, 6.45) is 8.05. The molecule has 1 aromatic rings. The van der Waals surface area contributed by atoms with Gasteiger partial charge in [0.15, 0.2) is 0 Å². The van der Waals surface area contributed by atoms with E-state index >= 15 is 0 Å². The van der Waals surface area contributed by atoms with E-state index in [1.807, 2.05) is 12.1 Å². The molecule has 0 radical (unpaired) electrons. The average Bonchev–Trinajstić information content (AvgIpc) is 3.15. The van der Waals surface area contributed by atoms with Crippen molar-refractivity contribution in [1.29, 1.82) is 0 Å². The molecule has 2 amide bonds. The number of piperidine rings is 1. The molecule has 3 rings (SSSR count). The van der Waals surface area contributed by atoms with Gasteiger partial charge in [-0.05, 0) is 50.2 Å². The quantitative estimate of drug-likeness (QED) is 0.634. The summed E-state index contributed by atoms with van der Waals surface area (Å²) < 4.78 is 10.7. The molecule has 1 aromatic heterocycles. The summed E-state index contributed by atoms with van der Waals surface area (Å²) in [5.41, 5.74) is -0.205. The Bertz CT molecular complexity index is 814. The first-order valence-electron chi connectivity index (χ1n) is 11.3. The number of rotatable bonds is 8. The number of carbonyl (C=O) groups is 3. The van der Waals surface area contributed by atoms with Crippen molar-refractivity contribution in [2.24, 2.45) is 17.3 Å². The van der Waals surface area contributed by atoms with Crippen LogP contribution in [0.3, 0.4) is 0 Å². The SMILES string of the molecule is COC(=O)[C@]12CCCCC=C1N(Cc1ccco1)C(=O)[C@H](CC(=O)NCCC(C)C)C2. The van der Waals surface area contributed by atoms with Crippen LogP contribution in [0.5, 0.6) is 0 Å². The second-order valence-electron chi connectivity index (χ2n) is 9.05. The molecule has 0 unspecified atom stereocenters. The minimum absolute atomic E-state index is 0.0671. The lowest BCUT2D eigenvalue weighted by molar-refractivity contribution is -0.160. The average molecular weight is 431 g/mol. The van der Waals surface area contributed by atoms with Crippen molar-refractivity contribution in [3.63, 3.8) is 0 Å². The standard InChI is InChI=1S/C24H34N2O5/c1-17(2)10-12-25-21(27)14-18-15-24(23(29)30-3)11-6-4-5-9-20(24)26(22(18)28)16-19-8-7-13-31-19/h7-9,13,17-18H,4-6,10-12,14-16H2,1-3H3,(H,25,27)/t18-,24+/m1/s1. The summed E-state index contributed by atoms with van der Waals surface area (Å²) in [6.45, 7) is 5.02. The van der Waals surface area contributed by atoms with Crippen molar-refractivity contribution in [1.82, 2.24) is 10.2 Å². The van der Waals surface area contributed by atoms with Gasteiger partial charge in [0.05, 0.1) is 19.9 Å². The van der Waals surface area contributed by atoms with Crippen LogP contribution in [0.25, 0.3) is 0 Å². The van der Waals surface area contributed by atoms with Gasteiger partial charge in [-0.2, -0.15) is 0 Å². The minimum atomic E-state index is -0.908. The highest BCUT2D eigenvalue weighted by molar-refractivity contribution is 5.92. The Balaban J connectivity index is 1.89. The fourth-order valence-electron chi connectivity index (χ4n) is 4.72. The smallest absolute Gasteiger partial charge is 0.317 e. The van der Waals surface area contributed by atoms with E-state index in [4.69, 9.17) is 9.15 Å². The van der Waals surface area contributed by atoms with Gasteiger partial charge >= 0.3 is 5.97 Å². The monoisotopic (exact) mass is 430 g/mol. The molecule has 1 aliphatic carbocycles. The van der Waals surface area contributed by atoms with Crippen LogP contribution in [-0.4, -0.2) is 36.3 Å². The van der Waals surface area contributed by atoms with Crippen molar-refractivity contribution >= 4 is 17.8 Å². The number of likely N-dealkylation sites (tertiary alicyclic amines) is 1. The molecule has 31 heavy (non-hydrogen) atoms. The number of nitrogens with one attached hydrogen (secondary N) is 1. The van der Waals surface area contributed by atoms with Gasteiger partial charge in [-0.25, -0.2) is 0 Å². The number of hydrogen-bond acceptors (Lipinski definition) is 5. The predicted molar refractivity (Wildman–Crippen MR) is 115 cm³/mol. The third-order valence-corrected chi connectivity index (χ3v) is 6.33. The molecule has 2 aliphatic rings. The highest BCUT2D eigenvalue weighted by Crippen LogP contribution is 2.49. The fourth-order valence-corrected chi connectivity index (χ4v) is 4.72. The molecular formula is C24H34N2O5. The zero-order valence-corrected chi connectivity index (χ0v) is 18.8. The molecule has 0 bridgehead atoms. The van der Waals surface area contributed by atoms with Gasteiger partial charge in [0.1, 0.15) is 11.2 Å². The number of esters is 1. The van der Waals surface area contributed by atoms with Crippen LogP contribution in [-0.2, 0) is 25.7 Å². The van der Waals surface area contributed by atoms with E-state index < -0.39 is 11.3 Å². The maximum absolute atomic E-state index is 13.5. The highest BCUT2D eigenvalue weighted by Gasteiger charge is 2.53. The first-order valence-corrected chi connectivity index (χ1v) is 11.3. The Morgan fingerprint density at radius 3 is 2.84 bits per heavy atom. The number of ether oxygens (including phenoxy) is 1. The van der Waals surface area contributed by atoms with Crippen molar-refractivity contribution in [2.75, 3.05) is 13.7 Å². The van der Waals surface area contributed by atoms with Crippen LogP contribution in [0.1, 0.15) is 64.6 Å². The van der Waals surface area contributed by atoms with Crippen LogP contribution in [0.15, 0.2) is 34.6 Å². The van der Waals surface area contributed by atoms with Gasteiger partial charge in [0.25, 0.3) is 0 Å². The molecule has 7 heteroatoms. The summed E-state index contributed by atoms with van der Waals surface area (Å²) in [7, 11) is 1.39. The molecule has 1 aliphatic heterocycles. The van der Waals surface area contributed by atoms with Crippen molar-refractivity contribution in [3.8, 4) is 0 Å². The van der Waals surface area contributed by atoms with Crippen LogP contribution in [0, 0.1) is 17.3 Å². The molecule has 170 valence electrons. The molecule has 1 fully saturated rings. The maximum Gasteiger partial charge on any atom is 0.317 e. The zero-order valence-electron chi connectivity index (χ0n) is 18.8. The second kappa shape index (κ2) is 10.2. The molecule has 1 N–H and O–H groups in total. The second-order valence-corrected chi connectivity index (χ2v) is 9.05. The van der Waals surface area contributed by atoms with Crippen LogP contribution >= 0.6 is 0 Å². The lowest BCUT2D eigenvalue weighted by Crippen LogP contribution is -2.53. The van der Waals surface area contributed by atoms with E-state index in [0.29, 0.717) is 36.8 Å². The highest BCUT2D eigenvalue weighted by atomic mass is 16.5. The number of carbonyl (C=O) groups excluding carboxylic acids is 3. The third kappa shape index (κ3) is 5.20. The summed E-state index contributed by atoms with van der Waals surface area (Å²) in [4.78, 5) is 40.8. The number of allylic oxidation sites excluding steroid dienone is 1. The molecular weight excluding hydrogens is 396 g/mol. The number of amides is 2. The molecule has 0 spiro atoms. The fraction of sp³-hybridized carbons (Fsp3) is 0.625. The van der Waals surface area contributed by atoms with Gasteiger partial charge in [-0.15, -0.1) is 0 Å². The van der Waals surface area contributed by atoms with E-state index in [0.717, 1.165) is 25.7 Å². The van der Waals surface area contributed by atoms with E-state index in [1.165, 1.54) is 7.11 Å². The van der Waals surface area contributed by atoms with Crippen LogP contribution in [0.4, 0.5) is 0 Å². The Hall–Kier alpha value is -2.57. The van der Waals surface area contributed by atoms with Gasteiger partial charge < -0.3 is 19.4 Å². The van der Waals surface area contributed by atoms with E-state index in [2.05, 4.69) is 19.2 Å². The molecule has 2 heterocycles. The largest absolute Gasteiger partial charge is 0.468 e. The van der Waals surface area contributed by atoms with Crippen molar-refractivity contribution in [2.45, 2.75) is 65.3 Å². The lowest BCUT2D eigenvalue weighted by Gasteiger charge is -2.45. The first kappa shape index (κ1) is 23.1. The molecule has 0 aromatic carbocycles. The van der Waals surface area contributed by atoms with Crippen LogP contribution in [0.2, 0.25) is 0 Å². The number of nitrogens with zero attached hydrogens (tertiary/aromatic N) is 1. The molecule has 0 saturated carbocycles. The van der Waals surface area contributed by atoms with Crippen LogP contribution < -0.4 is 5.32 Å². The number of methoxy groups -OCH3 is 1. The van der Waals surface area contributed by atoms with Gasteiger partial charge in [0.2, 0.25) is 11.8 Å². The minimum Gasteiger partial charge on any atom is -0.468 e. The number of fused-ring (bicyclic) bond motifs is 1. The number of furan rings is 1. The molecule has 7 nitrogen and oxygen atoms in total.